The number of ether oxygens (including phenoxy) is 2. The van der Waals surface area contributed by atoms with E-state index in [2.05, 4.69) is 10.0 Å². The van der Waals surface area contributed by atoms with Gasteiger partial charge in [0.25, 0.3) is 0 Å². The van der Waals surface area contributed by atoms with Crippen molar-refractivity contribution in [2.24, 2.45) is 0 Å². The van der Waals surface area contributed by atoms with E-state index in [-0.39, 0.29) is 4.90 Å². The first kappa shape index (κ1) is 23.4. The molecule has 0 aliphatic carbocycles. The minimum absolute atomic E-state index is 0.0227. The lowest BCUT2D eigenvalue weighted by Crippen LogP contribution is -2.33. The number of carbonyl (C=O) groups is 1. The Morgan fingerprint density at radius 3 is 2.45 bits per heavy atom. The van der Waals surface area contributed by atoms with Crippen LogP contribution in [0.3, 0.4) is 0 Å². The summed E-state index contributed by atoms with van der Waals surface area (Å²) in [6.45, 7) is 0.287. The number of sulfonamides is 1. The molecule has 3 aromatic carbocycles. The van der Waals surface area contributed by atoms with Crippen molar-refractivity contribution < 1.29 is 22.7 Å². The minimum Gasteiger partial charge on any atom is -0.486 e. The van der Waals surface area contributed by atoms with E-state index in [1.54, 1.807) is 24.3 Å². The molecule has 0 fully saturated rings. The Balaban J connectivity index is 1.44. The summed E-state index contributed by atoms with van der Waals surface area (Å²) in [6.07, 6.45) is 0.443. The second-order valence-corrected chi connectivity index (χ2v) is 9.86. The molecule has 0 bridgehead atoms. The van der Waals surface area contributed by atoms with Crippen LogP contribution in [-0.2, 0) is 21.2 Å². The fourth-order valence-electron chi connectivity index (χ4n) is 3.31. The van der Waals surface area contributed by atoms with Gasteiger partial charge in [-0.1, -0.05) is 41.4 Å². The van der Waals surface area contributed by atoms with Crippen LogP contribution in [-0.4, -0.2) is 34.1 Å². The van der Waals surface area contributed by atoms with Crippen molar-refractivity contribution in [2.45, 2.75) is 11.3 Å². The van der Waals surface area contributed by atoms with Crippen molar-refractivity contribution in [1.82, 2.24) is 4.72 Å². The van der Waals surface area contributed by atoms with Gasteiger partial charge in [0.05, 0.1) is 11.4 Å². The van der Waals surface area contributed by atoms with Gasteiger partial charge in [-0.2, -0.15) is 0 Å². The van der Waals surface area contributed by atoms with Crippen LogP contribution in [0, 0.1) is 0 Å². The number of hydrogen-bond donors (Lipinski definition) is 2. The lowest BCUT2D eigenvalue weighted by Gasteiger charge is -2.19. The molecule has 0 unspecified atom stereocenters. The monoisotopic (exact) mass is 506 g/mol. The Kier molecular flexibility index (Phi) is 7.09. The third-order valence-corrected chi connectivity index (χ3v) is 6.93. The highest BCUT2D eigenvalue weighted by Gasteiger charge is 2.20. The number of rotatable bonds is 7. The molecule has 1 aliphatic heterocycles. The van der Waals surface area contributed by atoms with Crippen LogP contribution in [0.4, 0.5) is 5.69 Å². The average Bonchev–Trinajstić information content (AvgIpc) is 2.81. The molecule has 0 radical (unpaired) electrons. The maximum absolute atomic E-state index is 12.6. The fraction of sp³-hybridized carbons (Fsp3) is 0.174. The van der Waals surface area contributed by atoms with Crippen molar-refractivity contribution in [3.05, 3.63) is 81.8 Å². The molecule has 0 spiro atoms. The molecule has 2 N–H and O–H groups in total. The number of halogens is 2. The lowest BCUT2D eigenvalue weighted by atomic mass is 10.0. The van der Waals surface area contributed by atoms with Gasteiger partial charge in [0, 0.05) is 28.2 Å². The fourth-order valence-corrected chi connectivity index (χ4v) is 4.70. The van der Waals surface area contributed by atoms with Crippen LogP contribution >= 0.6 is 23.2 Å². The molecule has 1 heterocycles. The highest BCUT2D eigenvalue weighted by molar-refractivity contribution is 7.89. The molecule has 0 saturated carbocycles. The molecule has 4 rings (SSSR count). The molecule has 1 aliphatic rings. The Morgan fingerprint density at radius 2 is 1.67 bits per heavy atom. The summed E-state index contributed by atoms with van der Waals surface area (Å²) in [5.41, 5.74) is 2.14. The van der Waals surface area contributed by atoms with Gasteiger partial charge in [-0.15, -0.1) is 0 Å². The quantitative estimate of drug-likeness (QED) is 0.498. The third-order valence-electron chi connectivity index (χ3n) is 4.93. The molecule has 1 amide bonds. The molecule has 0 saturated heterocycles. The van der Waals surface area contributed by atoms with Crippen LogP contribution in [0.15, 0.2) is 65.6 Å². The Hall–Kier alpha value is -2.78. The van der Waals surface area contributed by atoms with Crippen molar-refractivity contribution >= 4 is 44.8 Å². The maximum Gasteiger partial charge on any atom is 0.241 e. The van der Waals surface area contributed by atoms with E-state index in [9.17, 15) is 13.2 Å². The van der Waals surface area contributed by atoms with Gasteiger partial charge in [-0.05, 0) is 47.5 Å². The molecule has 7 nitrogen and oxygen atoms in total. The first-order valence-corrected chi connectivity index (χ1v) is 12.3. The highest BCUT2D eigenvalue weighted by atomic mass is 35.5. The van der Waals surface area contributed by atoms with E-state index in [0.717, 1.165) is 11.1 Å². The second kappa shape index (κ2) is 10.0. The largest absolute Gasteiger partial charge is 0.486 e. The molecule has 3 aromatic rings. The molecular weight excluding hydrogens is 487 g/mol. The number of hydrogen-bond acceptors (Lipinski definition) is 5. The van der Waals surface area contributed by atoms with E-state index in [1.807, 2.05) is 18.2 Å². The molecule has 0 atom stereocenters. The van der Waals surface area contributed by atoms with Gasteiger partial charge in [0.1, 0.15) is 13.2 Å². The van der Waals surface area contributed by atoms with Crippen molar-refractivity contribution in [3.8, 4) is 11.5 Å². The Labute approximate surface area is 201 Å². The zero-order valence-electron chi connectivity index (χ0n) is 17.3. The summed E-state index contributed by atoms with van der Waals surface area (Å²) in [5, 5.41) is 3.85. The molecule has 10 heteroatoms. The number of carbonyl (C=O) groups excluding carboxylic acids is 1. The number of nitrogens with one attached hydrogen (secondary N) is 2. The second-order valence-electron chi connectivity index (χ2n) is 7.25. The summed E-state index contributed by atoms with van der Waals surface area (Å²) < 4.78 is 38.4. The minimum atomic E-state index is -3.94. The summed E-state index contributed by atoms with van der Waals surface area (Å²) in [5.74, 6) is 0.296. The van der Waals surface area contributed by atoms with Crippen molar-refractivity contribution in [1.29, 1.82) is 0 Å². The van der Waals surface area contributed by atoms with Crippen LogP contribution in [0.25, 0.3) is 0 Å². The van der Waals surface area contributed by atoms with Gasteiger partial charge in [-0.25, -0.2) is 13.1 Å². The third kappa shape index (κ3) is 5.78. The summed E-state index contributed by atoms with van der Waals surface area (Å²) in [6, 6.07) is 16.7. The van der Waals surface area contributed by atoms with Gasteiger partial charge in [0.2, 0.25) is 15.9 Å². The number of fused-ring (bicyclic) bond motifs is 1. The standard InChI is InChI=1S/C23H20Cl2N2O5S/c24-17-5-7-20(16(12-17)11-15-3-1-2-4-19(15)25)27-23(28)14-26-33(29,30)18-6-8-21-22(13-18)32-10-9-31-21/h1-8,12-13,26H,9-11,14H2,(H,27,28). The van der Waals surface area contributed by atoms with Gasteiger partial charge in [-0.3, -0.25) is 4.79 Å². The predicted octanol–water partition coefficient (Wildman–Crippen LogP) is 4.27. The van der Waals surface area contributed by atoms with E-state index in [4.69, 9.17) is 32.7 Å². The van der Waals surface area contributed by atoms with E-state index in [0.29, 0.717) is 46.9 Å². The molecule has 172 valence electrons. The first-order valence-electron chi connectivity index (χ1n) is 10.0. The van der Waals surface area contributed by atoms with Crippen molar-refractivity contribution in [3.63, 3.8) is 0 Å². The van der Waals surface area contributed by atoms with Crippen LogP contribution in [0.1, 0.15) is 11.1 Å². The van der Waals surface area contributed by atoms with Gasteiger partial charge >= 0.3 is 0 Å². The SMILES string of the molecule is O=C(CNS(=O)(=O)c1ccc2c(c1)OCCO2)Nc1ccc(Cl)cc1Cc1ccccc1Cl. The number of anilines is 1. The summed E-state index contributed by atoms with van der Waals surface area (Å²) >= 11 is 12.4. The molecule has 0 aromatic heterocycles. The first-order chi connectivity index (χ1) is 15.8. The van der Waals surface area contributed by atoms with E-state index in [1.165, 1.54) is 18.2 Å². The average molecular weight is 507 g/mol. The zero-order chi connectivity index (χ0) is 23.4. The lowest BCUT2D eigenvalue weighted by molar-refractivity contribution is -0.115. The normalized spacial score (nSPS) is 12.9. The van der Waals surface area contributed by atoms with Gasteiger partial charge < -0.3 is 14.8 Å². The van der Waals surface area contributed by atoms with Crippen molar-refractivity contribution in [2.75, 3.05) is 25.1 Å². The van der Waals surface area contributed by atoms with Crippen LogP contribution < -0.4 is 19.5 Å². The van der Waals surface area contributed by atoms with Crippen LogP contribution in [0.5, 0.6) is 11.5 Å². The summed E-state index contributed by atoms with van der Waals surface area (Å²) in [4.78, 5) is 12.5. The Morgan fingerprint density at radius 1 is 0.909 bits per heavy atom. The number of amides is 1. The van der Waals surface area contributed by atoms with E-state index < -0.39 is 22.5 Å². The zero-order valence-corrected chi connectivity index (χ0v) is 19.6. The molecular formula is C23H20Cl2N2O5S. The predicted molar refractivity (Wildman–Crippen MR) is 127 cm³/mol. The van der Waals surface area contributed by atoms with Gasteiger partial charge in [0.15, 0.2) is 11.5 Å². The smallest absolute Gasteiger partial charge is 0.241 e. The van der Waals surface area contributed by atoms with E-state index >= 15 is 0 Å². The number of benzene rings is 3. The maximum atomic E-state index is 12.6. The summed E-state index contributed by atoms with van der Waals surface area (Å²) in [7, 11) is -3.94. The topological polar surface area (TPSA) is 93.7 Å². The highest BCUT2D eigenvalue weighted by Crippen LogP contribution is 2.32. The Bertz CT molecular complexity index is 1300. The molecule has 33 heavy (non-hydrogen) atoms. The van der Waals surface area contributed by atoms with Crippen LogP contribution in [0.2, 0.25) is 10.0 Å².